The van der Waals surface area contributed by atoms with Gasteiger partial charge in [-0.1, -0.05) is 6.07 Å². The molecule has 0 radical (unpaired) electrons. The summed E-state index contributed by atoms with van der Waals surface area (Å²) >= 11 is 1.63. The number of rotatable bonds is 5. The summed E-state index contributed by atoms with van der Waals surface area (Å²) in [7, 11) is 0. The Kier molecular flexibility index (Phi) is 4.11. The molecule has 0 aliphatic rings. The van der Waals surface area contributed by atoms with Crippen molar-refractivity contribution in [1.82, 2.24) is 0 Å². The van der Waals surface area contributed by atoms with E-state index in [2.05, 4.69) is 5.32 Å². The monoisotopic (exact) mass is 280 g/mol. The molecule has 1 aromatic heterocycles. The molecule has 1 N–H and O–H groups in total. The summed E-state index contributed by atoms with van der Waals surface area (Å²) in [5, 5.41) is 15.9. The number of nitro groups is 1. The molecular weight excluding hydrogens is 267 g/mol. The molecule has 100 valence electrons. The van der Waals surface area contributed by atoms with E-state index in [4.69, 9.17) is 0 Å². The van der Waals surface area contributed by atoms with Crippen LogP contribution in [0.4, 0.5) is 15.8 Å². The van der Waals surface area contributed by atoms with Crippen LogP contribution in [-0.4, -0.2) is 11.0 Å². The molecule has 19 heavy (non-hydrogen) atoms. The Labute approximate surface area is 114 Å². The van der Waals surface area contributed by atoms with Crippen LogP contribution in [0.1, 0.15) is 11.8 Å². The number of benzene rings is 1. The highest BCUT2D eigenvalue weighted by Crippen LogP contribution is 2.26. The maximum absolute atomic E-state index is 13.2. The van der Waals surface area contributed by atoms with Gasteiger partial charge < -0.3 is 5.32 Å². The van der Waals surface area contributed by atoms with Gasteiger partial charge in [0.2, 0.25) is 0 Å². The molecule has 0 aliphatic heterocycles. The molecule has 1 aromatic carbocycles. The van der Waals surface area contributed by atoms with Gasteiger partial charge in [-0.05, 0) is 24.4 Å². The molecule has 2 rings (SSSR count). The fourth-order valence-corrected chi connectivity index (χ4v) is 2.67. The number of halogens is 1. The molecule has 1 unspecified atom stereocenters. The second-order valence-corrected chi connectivity index (χ2v) is 5.28. The van der Waals surface area contributed by atoms with Crippen molar-refractivity contribution in [2.45, 2.75) is 19.4 Å². The fourth-order valence-electron chi connectivity index (χ4n) is 1.83. The fraction of sp³-hybridized carbons (Fsp3) is 0.231. The summed E-state index contributed by atoms with van der Waals surface area (Å²) in [6, 6.07) is 7.37. The number of nitrogens with zero attached hydrogens (tertiary/aromatic N) is 1. The maximum Gasteiger partial charge on any atom is 0.292 e. The van der Waals surface area contributed by atoms with Gasteiger partial charge >= 0.3 is 0 Å². The van der Waals surface area contributed by atoms with E-state index in [9.17, 15) is 14.5 Å². The smallest absolute Gasteiger partial charge is 0.292 e. The van der Waals surface area contributed by atoms with Gasteiger partial charge in [-0.25, -0.2) is 4.39 Å². The van der Waals surface area contributed by atoms with E-state index in [0.29, 0.717) is 0 Å². The van der Waals surface area contributed by atoms with Crippen LogP contribution in [0.15, 0.2) is 35.7 Å². The first-order chi connectivity index (χ1) is 9.06. The molecule has 2 aromatic rings. The first kappa shape index (κ1) is 13.5. The third kappa shape index (κ3) is 3.51. The number of nitro benzene ring substituents is 1. The predicted octanol–water partition coefficient (Wildman–Crippen LogP) is 3.84. The minimum absolute atomic E-state index is 0.0147. The summed E-state index contributed by atoms with van der Waals surface area (Å²) in [4.78, 5) is 11.5. The Balaban J connectivity index is 2.13. The molecule has 0 spiro atoms. The lowest BCUT2D eigenvalue weighted by Gasteiger charge is -2.14. The molecular formula is C13H13FN2O2S. The van der Waals surface area contributed by atoms with E-state index in [1.165, 1.54) is 10.9 Å². The van der Waals surface area contributed by atoms with E-state index in [0.717, 1.165) is 18.6 Å². The van der Waals surface area contributed by atoms with Gasteiger partial charge in [-0.3, -0.25) is 10.1 Å². The summed E-state index contributed by atoms with van der Waals surface area (Å²) in [6.07, 6.45) is 0.741. The first-order valence-corrected chi connectivity index (χ1v) is 6.67. The van der Waals surface area contributed by atoms with Crippen LogP contribution in [-0.2, 0) is 6.42 Å². The summed E-state index contributed by atoms with van der Waals surface area (Å²) < 4.78 is 13.2. The average molecular weight is 280 g/mol. The van der Waals surface area contributed by atoms with Crippen molar-refractivity contribution < 1.29 is 9.31 Å². The van der Waals surface area contributed by atoms with Crippen LogP contribution < -0.4 is 5.32 Å². The molecule has 0 saturated heterocycles. The van der Waals surface area contributed by atoms with Gasteiger partial charge in [0.15, 0.2) is 0 Å². The maximum atomic E-state index is 13.2. The van der Waals surface area contributed by atoms with Gasteiger partial charge in [0.1, 0.15) is 11.5 Å². The van der Waals surface area contributed by atoms with Gasteiger partial charge in [0.25, 0.3) is 5.69 Å². The lowest BCUT2D eigenvalue weighted by atomic mass is 10.2. The molecule has 6 heteroatoms. The van der Waals surface area contributed by atoms with E-state index in [1.807, 2.05) is 24.4 Å². The van der Waals surface area contributed by atoms with Crippen molar-refractivity contribution in [3.8, 4) is 0 Å². The SMILES string of the molecule is CC(Cc1cccs1)Nc1cc(F)ccc1[N+](=O)[O-]. The third-order valence-electron chi connectivity index (χ3n) is 2.64. The molecule has 0 amide bonds. The zero-order chi connectivity index (χ0) is 13.8. The highest BCUT2D eigenvalue weighted by Gasteiger charge is 2.16. The highest BCUT2D eigenvalue weighted by atomic mass is 32.1. The third-order valence-corrected chi connectivity index (χ3v) is 3.54. The Morgan fingerprint density at radius 3 is 2.89 bits per heavy atom. The molecule has 4 nitrogen and oxygen atoms in total. The van der Waals surface area contributed by atoms with Gasteiger partial charge in [0, 0.05) is 29.5 Å². The molecule has 1 atom stereocenters. The Bertz CT molecular complexity index is 572. The Morgan fingerprint density at radius 2 is 2.26 bits per heavy atom. The highest BCUT2D eigenvalue weighted by molar-refractivity contribution is 7.09. The van der Waals surface area contributed by atoms with E-state index >= 15 is 0 Å². The van der Waals surface area contributed by atoms with Gasteiger partial charge in [-0.2, -0.15) is 0 Å². The molecule has 0 fully saturated rings. The molecule has 1 heterocycles. The lowest BCUT2D eigenvalue weighted by molar-refractivity contribution is -0.384. The second-order valence-electron chi connectivity index (χ2n) is 4.25. The minimum atomic E-state index is -0.514. The number of hydrogen-bond donors (Lipinski definition) is 1. The van der Waals surface area contributed by atoms with Crippen molar-refractivity contribution in [3.05, 3.63) is 56.5 Å². The zero-order valence-electron chi connectivity index (χ0n) is 10.3. The van der Waals surface area contributed by atoms with Crippen LogP contribution >= 0.6 is 11.3 Å². The number of thiophene rings is 1. The van der Waals surface area contributed by atoms with Crippen molar-refractivity contribution in [3.63, 3.8) is 0 Å². The van der Waals surface area contributed by atoms with Crippen molar-refractivity contribution in [2.75, 3.05) is 5.32 Å². The van der Waals surface area contributed by atoms with E-state index < -0.39 is 10.7 Å². The Morgan fingerprint density at radius 1 is 1.47 bits per heavy atom. The van der Waals surface area contributed by atoms with Gasteiger partial charge in [0.05, 0.1) is 4.92 Å². The molecule has 0 bridgehead atoms. The number of nitrogens with one attached hydrogen (secondary N) is 1. The zero-order valence-corrected chi connectivity index (χ0v) is 11.1. The van der Waals surface area contributed by atoms with Crippen LogP contribution in [0.2, 0.25) is 0 Å². The molecule has 0 aliphatic carbocycles. The second kappa shape index (κ2) is 5.79. The average Bonchev–Trinajstić information content (AvgIpc) is 2.81. The van der Waals surface area contributed by atoms with E-state index in [-0.39, 0.29) is 17.4 Å². The molecule has 0 saturated carbocycles. The van der Waals surface area contributed by atoms with Crippen LogP contribution in [0.5, 0.6) is 0 Å². The lowest BCUT2D eigenvalue weighted by Crippen LogP contribution is -2.18. The van der Waals surface area contributed by atoms with Crippen LogP contribution in [0, 0.1) is 15.9 Å². The van der Waals surface area contributed by atoms with Crippen LogP contribution in [0.3, 0.4) is 0 Å². The standard InChI is InChI=1S/C13H13FN2O2S/c1-9(7-11-3-2-6-19-11)15-12-8-10(14)4-5-13(12)16(17)18/h2-6,8-9,15H,7H2,1H3. The predicted molar refractivity (Wildman–Crippen MR) is 74.2 cm³/mol. The summed E-state index contributed by atoms with van der Waals surface area (Å²) in [6.45, 7) is 1.91. The van der Waals surface area contributed by atoms with E-state index in [1.54, 1.807) is 11.3 Å². The van der Waals surface area contributed by atoms with Crippen molar-refractivity contribution in [1.29, 1.82) is 0 Å². The minimum Gasteiger partial charge on any atom is -0.377 e. The summed E-state index contributed by atoms with van der Waals surface area (Å²) in [5.41, 5.74) is 0.105. The van der Waals surface area contributed by atoms with Crippen molar-refractivity contribution in [2.24, 2.45) is 0 Å². The normalized spacial score (nSPS) is 12.1. The summed E-state index contributed by atoms with van der Waals surface area (Å²) in [5.74, 6) is -0.489. The first-order valence-electron chi connectivity index (χ1n) is 5.79. The largest absolute Gasteiger partial charge is 0.377 e. The quantitative estimate of drug-likeness (QED) is 0.668. The Hall–Kier alpha value is -1.95. The number of anilines is 1. The number of hydrogen-bond acceptors (Lipinski definition) is 4. The van der Waals surface area contributed by atoms with Crippen LogP contribution in [0.25, 0.3) is 0 Å². The van der Waals surface area contributed by atoms with Gasteiger partial charge in [-0.15, -0.1) is 11.3 Å². The topological polar surface area (TPSA) is 55.2 Å². The van der Waals surface area contributed by atoms with Crippen molar-refractivity contribution >= 4 is 22.7 Å².